The number of hydrogen-bond acceptors (Lipinski definition) is 1. The van der Waals surface area contributed by atoms with Gasteiger partial charge < -0.3 is 4.90 Å². The molecule has 0 unspecified atom stereocenters. The Labute approximate surface area is 98.1 Å². The zero-order valence-corrected chi connectivity index (χ0v) is 10.5. The van der Waals surface area contributed by atoms with Gasteiger partial charge in [0.15, 0.2) is 0 Å². The molecule has 0 N–H and O–H groups in total. The largest absolute Gasteiger partial charge is 0.378 e. The molecular formula is C15H19N. The molecule has 0 fully saturated rings. The fourth-order valence-electron chi connectivity index (χ4n) is 2.02. The monoisotopic (exact) mass is 213 g/mol. The molecule has 0 spiro atoms. The summed E-state index contributed by atoms with van der Waals surface area (Å²) in [4.78, 5) is 2.13. The van der Waals surface area contributed by atoms with Crippen LogP contribution in [0.3, 0.4) is 0 Å². The van der Waals surface area contributed by atoms with Crippen LogP contribution < -0.4 is 4.90 Å². The first-order chi connectivity index (χ1) is 7.58. The van der Waals surface area contributed by atoms with E-state index in [1.54, 1.807) is 0 Å². The summed E-state index contributed by atoms with van der Waals surface area (Å²) < 4.78 is 0. The minimum Gasteiger partial charge on any atom is -0.378 e. The van der Waals surface area contributed by atoms with Gasteiger partial charge in [-0.2, -0.15) is 0 Å². The highest BCUT2D eigenvalue weighted by atomic mass is 15.1. The number of nitrogens with zero attached hydrogens (tertiary/aromatic N) is 1. The average Bonchev–Trinajstić information content (AvgIpc) is 2.59. The van der Waals surface area contributed by atoms with Crippen LogP contribution in [0, 0.1) is 0 Å². The number of benzene rings is 1. The number of rotatable bonds is 2. The third-order valence-electron chi connectivity index (χ3n) is 3.27. The predicted octanol–water partition coefficient (Wildman–Crippen LogP) is 3.88. The molecule has 84 valence electrons. The third-order valence-corrected chi connectivity index (χ3v) is 3.27. The molecule has 2 rings (SSSR count). The highest BCUT2D eigenvalue weighted by Gasteiger charge is 2.10. The highest BCUT2D eigenvalue weighted by Crippen LogP contribution is 2.32. The van der Waals surface area contributed by atoms with Crippen molar-refractivity contribution in [1.82, 2.24) is 0 Å². The third kappa shape index (κ3) is 2.04. The van der Waals surface area contributed by atoms with Gasteiger partial charge in [0, 0.05) is 19.8 Å². The summed E-state index contributed by atoms with van der Waals surface area (Å²) in [6, 6.07) is 8.79. The molecule has 1 aliphatic carbocycles. The standard InChI is InChI=1S/C15H19N/c1-11-9-14(10-12(11)2)13-5-7-15(8-6-13)16(3)4/h5-9H,10H2,1-4H3. The van der Waals surface area contributed by atoms with Crippen LogP contribution in [-0.4, -0.2) is 14.1 Å². The molecule has 0 atom stereocenters. The molecule has 0 bridgehead atoms. The zero-order chi connectivity index (χ0) is 11.7. The van der Waals surface area contributed by atoms with Crippen LogP contribution in [0.4, 0.5) is 5.69 Å². The SMILES string of the molecule is CC1=C(C)CC(c2ccc(N(C)C)cc2)=C1. The first-order valence-corrected chi connectivity index (χ1v) is 5.72. The predicted molar refractivity (Wildman–Crippen MR) is 71.7 cm³/mol. The Morgan fingerprint density at radius 3 is 2.06 bits per heavy atom. The van der Waals surface area contributed by atoms with Crippen LogP contribution in [0.25, 0.3) is 5.57 Å². The maximum Gasteiger partial charge on any atom is 0.0361 e. The van der Waals surface area contributed by atoms with Gasteiger partial charge >= 0.3 is 0 Å². The summed E-state index contributed by atoms with van der Waals surface area (Å²) in [6.07, 6.45) is 3.41. The summed E-state index contributed by atoms with van der Waals surface area (Å²) in [5.41, 5.74) is 6.96. The summed E-state index contributed by atoms with van der Waals surface area (Å²) in [7, 11) is 4.14. The molecule has 0 radical (unpaired) electrons. The van der Waals surface area contributed by atoms with E-state index < -0.39 is 0 Å². The molecule has 16 heavy (non-hydrogen) atoms. The molecule has 0 heterocycles. The van der Waals surface area contributed by atoms with Gasteiger partial charge in [0.05, 0.1) is 0 Å². The summed E-state index contributed by atoms with van der Waals surface area (Å²) >= 11 is 0. The first-order valence-electron chi connectivity index (χ1n) is 5.72. The Kier molecular flexibility index (Phi) is 2.86. The van der Waals surface area contributed by atoms with Crippen molar-refractivity contribution in [3.8, 4) is 0 Å². The fourth-order valence-corrected chi connectivity index (χ4v) is 2.02. The summed E-state index contributed by atoms with van der Waals surface area (Å²) in [6.45, 7) is 4.41. The second-order valence-corrected chi connectivity index (χ2v) is 4.75. The van der Waals surface area contributed by atoms with Gasteiger partial charge in [-0.25, -0.2) is 0 Å². The lowest BCUT2D eigenvalue weighted by atomic mass is 10.0. The van der Waals surface area contributed by atoms with E-state index in [-0.39, 0.29) is 0 Å². The van der Waals surface area contributed by atoms with E-state index in [4.69, 9.17) is 0 Å². The maximum absolute atomic E-state index is 2.31. The van der Waals surface area contributed by atoms with Crippen LogP contribution in [-0.2, 0) is 0 Å². The van der Waals surface area contributed by atoms with Crippen molar-refractivity contribution in [2.45, 2.75) is 20.3 Å². The van der Waals surface area contributed by atoms with Crippen molar-refractivity contribution >= 4 is 11.3 Å². The highest BCUT2D eigenvalue weighted by molar-refractivity contribution is 5.74. The van der Waals surface area contributed by atoms with Gasteiger partial charge in [-0.05, 0) is 43.5 Å². The Balaban J connectivity index is 2.22. The van der Waals surface area contributed by atoms with Crippen LogP contribution in [0.2, 0.25) is 0 Å². The Hall–Kier alpha value is -1.50. The molecule has 0 saturated heterocycles. The maximum atomic E-state index is 2.31. The normalized spacial score (nSPS) is 15.4. The van der Waals surface area contributed by atoms with Crippen LogP contribution >= 0.6 is 0 Å². The van der Waals surface area contributed by atoms with E-state index in [9.17, 15) is 0 Å². The number of anilines is 1. The summed E-state index contributed by atoms with van der Waals surface area (Å²) in [5, 5.41) is 0. The molecule has 0 amide bonds. The molecule has 0 saturated carbocycles. The van der Waals surface area contributed by atoms with Gasteiger partial charge in [-0.1, -0.05) is 29.4 Å². The molecule has 1 aromatic rings. The minimum absolute atomic E-state index is 1.10. The smallest absolute Gasteiger partial charge is 0.0361 e. The molecule has 0 aromatic heterocycles. The molecule has 1 aromatic carbocycles. The molecule has 1 heteroatoms. The Morgan fingerprint density at radius 2 is 1.62 bits per heavy atom. The first kappa shape index (κ1) is 11.0. The summed E-state index contributed by atoms with van der Waals surface area (Å²) in [5.74, 6) is 0. The molecular weight excluding hydrogens is 194 g/mol. The second kappa shape index (κ2) is 4.17. The Morgan fingerprint density at radius 1 is 1.00 bits per heavy atom. The lowest BCUT2D eigenvalue weighted by molar-refractivity contribution is 1.13. The molecule has 1 aliphatic rings. The topological polar surface area (TPSA) is 3.24 Å². The number of hydrogen-bond donors (Lipinski definition) is 0. The minimum atomic E-state index is 1.10. The lowest BCUT2D eigenvalue weighted by Crippen LogP contribution is -2.08. The van der Waals surface area contributed by atoms with E-state index in [1.807, 2.05) is 0 Å². The van der Waals surface area contributed by atoms with Crippen molar-refractivity contribution in [1.29, 1.82) is 0 Å². The van der Waals surface area contributed by atoms with Crippen LogP contribution in [0.5, 0.6) is 0 Å². The molecule has 1 nitrogen and oxygen atoms in total. The van der Waals surface area contributed by atoms with Gasteiger partial charge in [0.1, 0.15) is 0 Å². The van der Waals surface area contributed by atoms with Crippen molar-refractivity contribution in [3.63, 3.8) is 0 Å². The van der Waals surface area contributed by atoms with E-state index in [1.165, 1.54) is 28.0 Å². The van der Waals surface area contributed by atoms with Gasteiger partial charge in [-0.15, -0.1) is 0 Å². The van der Waals surface area contributed by atoms with Crippen molar-refractivity contribution in [2.75, 3.05) is 19.0 Å². The quantitative estimate of drug-likeness (QED) is 0.720. The van der Waals surface area contributed by atoms with Crippen LogP contribution in [0.15, 0.2) is 41.5 Å². The molecule has 0 aliphatic heterocycles. The van der Waals surface area contributed by atoms with Crippen molar-refractivity contribution in [2.24, 2.45) is 0 Å². The van der Waals surface area contributed by atoms with E-state index in [0.29, 0.717) is 0 Å². The van der Waals surface area contributed by atoms with Gasteiger partial charge in [-0.3, -0.25) is 0 Å². The fraction of sp³-hybridized carbons (Fsp3) is 0.333. The van der Waals surface area contributed by atoms with Gasteiger partial charge in [0.2, 0.25) is 0 Å². The van der Waals surface area contributed by atoms with Crippen molar-refractivity contribution in [3.05, 3.63) is 47.1 Å². The van der Waals surface area contributed by atoms with Crippen LogP contribution in [0.1, 0.15) is 25.8 Å². The second-order valence-electron chi connectivity index (χ2n) is 4.75. The van der Waals surface area contributed by atoms with Gasteiger partial charge in [0.25, 0.3) is 0 Å². The Bertz CT molecular complexity index is 447. The zero-order valence-electron chi connectivity index (χ0n) is 10.5. The van der Waals surface area contributed by atoms with Crippen molar-refractivity contribution < 1.29 is 0 Å². The van der Waals surface area contributed by atoms with E-state index in [0.717, 1.165) is 6.42 Å². The van der Waals surface area contributed by atoms with E-state index >= 15 is 0 Å². The average molecular weight is 213 g/mol. The lowest BCUT2D eigenvalue weighted by Gasteiger charge is -2.13. The van der Waals surface area contributed by atoms with E-state index in [2.05, 4.69) is 63.2 Å². The number of allylic oxidation sites excluding steroid dienone is 4.